The molecule has 1 N–H and O–H groups in total. The zero-order valence-electron chi connectivity index (χ0n) is 6.90. The molecule has 2 rings (SSSR count). The molecule has 2 nitrogen and oxygen atoms in total. The highest BCUT2D eigenvalue weighted by Gasteiger charge is 2.23. The largest absolute Gasteiger partial charge is 0.390 e. The fourth-order valence-electron chi connectivity index (χ4n) is 1.46. The van der Waals surface area contributed by atoms with Gasteiger partial charge in [0.25, 0.3) is 0 Å². The first-order valence-corrected chi connectivity index (χ1v) is 4.20. The van der Waals surface area contributed by atoms with Crippen molar-refractivity contribution in [2.45, 2.75) is 12.6 Å². The summed E-state index contributed by atoms with van der Waals surface area (Å²) in [6.07, 6.45) is -0.0970. The van der Waals surface area contributed by atoms with E-state index in [1.807, 2.05) is 12.1 Å². The van der Waals surface area contributed by atoms with Crippen LogP contribution < -0.4 is 0 Å². The van der Waals surface area contributed by atoms with Crippen molar-refractivity contribution in [2.75, 3.05) is 13.1 Å². The number of likely N-dealkylation sites (tertiary alicyclic amines) is 1. The molecule has 1 aliphatic heterocycles. The summed E-state index contributed by atoms with van der Waals surface area (Å²) in [7, 11) is 0. The van der Waals surface area contributed by atoms with Gasteiger partial charge in [-0.05, 0) is 11.6 Å². The van der Waals surface area contributed by atoms with Crippen molar-refractivity contribution in [3.05, 3.63) is 35.9 Å². The minimum absolute atomic E-state index is 0.0970. The summed E-state index contributed by atoms with van der Waals surface area (Å²) in [6.45, 7) is 2.59. The van der Waals surface area contributed by atoms with Gasteiger partial charge in [0, 0.05) is 19.6 Å². The van der Waals surface area contributed by atoms with Crippen LogP contribution in [0.15, 0.2) is 24.3 Å². The predicted octanol–water partition coefficient (Wildman–Crippen LogP) is 0.663. The number of hydrogen-bond donors (Lipinski definition) is 1. The molecule has 1 radical (unpaired) electrons. The molecule has 12 heavy (non-hydrogen) atoms. The first-order valence-electron chi connectivity index (χ1n) is 4.20. The Morgan fingerprint density at radius 2 is 2.08 bits per heavy atom. The summed E-state index contributed by atoms with van der Waals surface area (Å²) in [6, 6.07) is 10.9. The van der Waals surface area contributed by atoms with Gasteiger partial charge in [0.1, 0.15) is 0 Å². The van der Waals surface area contributed by atoms with E-state index in [1.165, 1.54) is 5.56 Å². The molecule has 0 bridgehead atoms. The molecule has 1 aromatic carbocycles. The predicted molar refractivity (Wildman–Crippen MR) is 46.6 cm³/mol. The Morgan fingerprint density at radius 1 is 1.42 bits per heavy atom. The minimum Gasteiger partial charge on any atom is -0.390 e. The van der Waals surface area contributed by atoms with Crippen LogP contribution in [0.25, 0.3) is 0 Å². The Labute approximate surface area is 72.4 Å². The van der Waals surface area contributed by atoms with Crippen molar-refractivity contribution < 1.29 is 5.11 Å². The summed E-state index contributed by atoms with van der Waals surface area (Å²) in [5.74, 6) is 0. The van der Waals surface area contributed by atoms with E-state index in [2.05, 4.69) is 23.1 Å². The Bertz CT molecular complexity index is 241. The summed E-state index contributed by atoms with van der Waals surface area (Å²) in [5, 5.41) is 9.05. The summed E-state index contributed by atoms with van der Waals surface area (Å²) in [4.78, 5) is 2.22. The van der Waals surface area contributed by atoms with Gasteiger partial charge < -0.3 is 5.11 Å². The number of benzene rings is 1. The summed E-state index contributed by atoms with van der Waals surface area (Å²) < 4.78 is 0. The molecule has 2 heteroatoms. The molecular weight excluding hydrogens is 150 g/mol. The number of β-amino-alcohol motifs (C(OH)–C–C–N with tert-alkyl or cyclic N) is 1. The maximum absolute atomic E-state index is 9.05. The van der Waals surface area contributed by atoms with Crippen LogP contribution in [0.5, 0.6) is 0 Å². The first-order chi connectivity index (χ1) is 5.84. The van der Waals surface area contributed by atoms with Gasteiger partial charge in [-0.2, -0.15) is 0 Å². The third-order valence-corrected chi connectivity index (χ3v) is 2.13. The van der Waals surface area contributed by atoms with Crippen molar-refractivity contribution >= 4 is 0 Å². The lowest BCUT2D eigenvalue weighted by Gasteiger charge is -2.35. The Kier molecular flexibility index (Phi) is 2.11. The van der Waals surface area contributed by atoms with Crippen LogP contribution in [-0.2, 0) is 6.54 Å². The fraction of sp³-hybridized carbons (Fsp3) is 0.400. The van der Waals surface area contributed by atoms with Crippen LogP contribution in [0.4, 0.5) is 0 Å². The number of aliphatic hydroxyl groups is 1. The molecule has 1 aromatic rings. The summed E-state index contributed by atoms with van der Waals surface area (Å²) in [5.41, 5.74) is 1.29. The quantitative estimate of drug-likeness (QED) is 0.690. The van der Waals surface area contributed by atoms with Crippen molar-refractivity contribution in [3.63, 3.8) is 0 Å². The number of rotatable bonds is 2. The smallest absolute Gasteiger partial charge is 0.0794 e. The van der Waals surface area contributed by atoms with E-state index in [9.17, 15) is 0 Å². The topological polar surface area (TPSA) is 23.5 Å². The molecule has 0 spiro atoms. The van der Waals surface area contributed by atoms with Crippen LogP contribution in [0.1, 0.15) is 5.56 Å². The van der Waals surface area contributed by atoms with Crippen molar-refractivity contribution in [1.82, 2.24) is 4.90 Å². The third-order valence-electron chi connectivity index (χ3n) is 2.13. The van der Waals surface area contributed by atoms with Gasteiger partial charge in [-0.25, -0.2) is 0 Å². The molecule has 1 aliphatic rings. The van der Waals surface area contributed by atoms with Gasteiger partial charge in [0.15, 0.2) is 0 Å². The second kappa shape index (κ2) is 3.25. The average Bonchev–Trinajstić information content (AvgIpc) is 2.04. The van der Waals surface area contributed by atoms with Crippen molar-refractivity contribution in [1.29, 1.82) is 0 Å². The third kappa shape index (κ3) is 1.65. The van der Waals surface area contributed by atoms with Crippen LogP contribution >= 0.6 is 0 Å². The van der Waals surface area contributed by atoms with Crippen LogP contribution in [0.2, 0.25) is 0 Å². The maximum atomic E-state index is 9.05. The molecule has 0 aromatic heterocycles. The van der Waals surface area contributed by atoms with Gasteiger partial charge in [0.2, 0.25) is 0 Å². The number of hydrogen-bond acceptors (Lipinski definition) is 2. The first kappa shape index (κ1) is 7.77. The van der Waals surface area contributed by atoms with E-state index < -0.39 is 0 Å². The van der Waals surface area contributed by atoms with Crippen LogP contribution in [0.3, 0.4) is 0 Å². The molecule has 1 fully saturated rings. The van der Waals surface area contributed by atoms with Crippen molar-refractivity contribution in [2.24, 2.45) is 0 Å². The highest BCUT2D eigenvalue weighted by Crippen LogP contribution is 2.11. The molecule has 63 valence electrons. The van der Waals surface area contributed by atoms with Gasteiger partial charge in [-0.15, -0.1) is 0 Å². The normalized spacial score (nSPS) is 19.1. The van der Waals surface area contributed by atoms with Gasteiger partial charge >= 0.3 is 0 Å². The SMILES string of the molecule is OC1CN(Cc2cc[c]cc2)C1. The Hall–Kier alpha value is -0.860. The van der Waals surface area contributed by atoms with Crippen molar-refractivity contribution in [3.8, 4) is 0 Å². The molecule has 1 heterocycles. The molecule has 0 amide bonds. The molecule has 1 saturated heterocycles. The summed E-state index contributed by atoms with van der Waals surface area (Å²) >= 11 is 0. The van der Waals surface area contributed by atoms with Gasteiger partial charge in [-0.3, -0.25) is 4.90 Å². The van der Waals surface area contributed by atoms with E-state index in [4.69, 9.17) is 5.11 Å². The maximum Gasteiger partial charge on any atom is 0.0794 e. The second-order valence-electron chi connectivity index (χ2n) is 3.26. The molecular formula is C10H12NO. The van der Waals surface area contributed by atoms with Gasteiger partial charge in [0.05, 0.1) is 6.10 Å². The highest BCUT2D eigenvalue weighted by molar-refractivity contribution is 5.14. The standard InChI is InChI=1S/C10H12NO/c12-10-7-11(8-10)6-9-4-2-1-3-5-9/h2-5,10,12H,6-8H2. The van der Waals surface area contributed by atoms with Gasteiger partial charge in [-0.1, -0.05) is 24.3 Å². The van der Waals surface area contributed by atoms with E-state index in [1.54, 1.807) is 0 Å². The lowest BCUT2D eigenvalue weighted by atomic mass is 10.1. The fourth-order valence-corrected chi connectivity index (χ4v) is 1.46. The van der Waals surface area contributed by atoms with E-state index in [0.29, 0.717) is 0 Å². The lowest BCUT2D eigenvalue weighted by Crippen LogP contribution is -2.49. The molecule has 0 aliphatic carbocycles. The van der Waals surface area contributed by atoms with E-state index in [0.717, 1.165) is 19.6 Å². The Balaban J connectivity index is 1.88. The number of nitrogens with zero attached hydrogens (tertiary/aromatic N) is 1. The zero-order chi connectivity index (χ0) is 8.39. The molecule has 0 saturated carbocycles. The lowest BCUT2D eigenvalue weighted by molar-refractivity contribution is -0.00286. The highest BCUT2D eigenvalue weighted by atomic mass is 16.3. The van der Waals surface area contributed by atoms with Crippen LogP contribution in [-0.4, -0.2) is 29.2 Å². The minimum atomic E-state index is -0.0970. The molecule has 0 atom stereocenters. The Morgan fingerprint density at radius 3 is 2.67 bits per heavy atom. The number of aliphatic hydroxyl groups excluding tert-OH is 1. The zero-order valence-corrected chi connectivity index (χ0v) is 6.90. The van der Waals surface area contributed by atoms with Crippen LogP contribution in [0, 0.1) is 6.07 Å². The second-order valence-corrected chi connectivity index (χ2v) is 3.26. The van der Waals surface area contributed by atoms with E-state index in [-0.39, 0.29) is 6.10 Å². The average molecular weight is 162 g/mol. The van der Waals surface area contributed by atoms with E-state index >= 15 is 0 Å². The monoisotopic (exact) mass is 162 g/mol. The molecule has 0 unspecified atom stereocenters.